The van der Waals surface area contributed by atoms with Crippen molar-refractivity contribution in [3.8, 4) is 28.3 Å². The number of aromatic nitrogens is 2. The van der Waals surface area contributed by atoms with Gasteiger partial charge in [-0.1, -0.05) is 95.2 Å². The van der Waals surface area contributed by atoms with E-state index >= 15 is 0 Å². The highest BCUT2D eigenvalue weighted by atomic mass is 35.5. The molecular formula is C25H16Cl2N2O2S. The summed E-state index contributed by atoms with van der Waals surface area (Å²) in [5, 5.41) is 0.705. The van der Waals surface area contributed by atoms with Gasteiger partial charge in [0.25, 0.3) is 5.56 Å². The number of ether oxygens (including phenoxy) is 1. The van der Waals surface area contributed by atoms with Crippen molar-refractivity contribution < 1.29 is 4.74 Å². The molecule has 0 fully saturated rings. The lowest BCUT2D eigenvalue weighted by atomic mass is 10.1. The van der Waals surface area contributed by atoms with Crippen LogP contribution < -0.4 is 14.8 Å². The van der Waals surface area contributed by atoms with Crippen LogP contribution in [0.2, 0.25) is 10.0 Å². The lowest BCUT2D eigenvalue weighted by Gasteiger charge is -2.07. The topological polar surface area (TPSA) is 43.6 Å². The van der Waals surface area contributed by atoms with Gasteiger partial charge in [0, 0.05) is 16.7 Å². The van der Waals surface area contributed by atoms with E-state index in [-0.39, 0.29) is 5.56 Å². The molecule has 158 valence electrons. The Bertz CT molecular complexity index is 1540. The van der Waals surface area contributed by atoms with Crippen molar-refractivity contribution in [3.63, 3.8) is 0 Å². The van der Waals surface area contributed by atoms with Crippen LogP contribution in [0.25, 0.3) is 33.6 Å². The molecule has 0 aliphatic heterocycles. The molecule has 2 heterocycles. The van der Waals surface area contributed by atoms with E-state index in [2.05, 4.69) is 0 Å². The van der Waals surface area contributed by atoms with Crippen LogP contribution >= 0.6 is 34.5 Å². The van der Waals surface area contributed by atoms with E-state index in [9.17, 15) is 4.79 Å². The Morgan fingerprint density at radius 1 is 0.938 bits per heavy atom. The molecule has 0 N–H and O–H groups in total. The summed E-state index contributed by atoms with van der Waals surface area (Å²) in [7, 11) is 1.52. The van der Waals surface area contributed by atoms with E-state index in [0.717, 1.165) is 22.5 Å². The molecule has 0 spiro atoms. The zero-order valence-corrected chi connectivity index (χ0v) is 19.2. The van der Waals surface area contributed by atoms with Gasteiger partial charge in [-0.3, -0.25) is 4.79 Å². The molecule has 0 aliphatic rings. The number of thiazole rings is 1. The fraction of sp³-hybridized carbons (Fsp3) is 0.0400. The lowest BCUT2D eigenvalue weighted by Crippen LogP contribution is -2.23. The molecule has 0 unspecified atom stereocenters. The average molecular weight is 479 g/mol. The van der Waals surface area contributed by atoms with Crippen LogP contribution in [0.1, 0.15) is 5.56 Å². The Morgan fingerprint density at radius 2 is 1.59 bits per heavy atom. The van der Waals surface area contributed by atoms with Gasteiger partial charge in [-0.2, -0.15) is 0 Å². The Balaban J connectivity index is 1.80. The van der Waals surface area contributed by atoms with Crippen LogP contribution in [0.4, 0.5) is 0 Å². The summed E-state index contributed by atoms with van der Waals surface area (Å²) in [6.07, 6.45) is 1.76. The number of halogens is 2. The van der Waals surface area contributed by atoms with Crippen LogP contribution in [-0.2, 0) is 0 Å². The summed E-state index contributed by atoms with van der Waals surface area (Å²) in [5.74, 6) is 0.429. The third kappa shape index (κ3) is 3.48. The molecule has 5 rings (SSSR count). The maximum atomic E-state index is 13.5. The van der Waals surface area contributed by atoms with Gasteiger partial charge in [-0.15, -0.1) is 0 Å². The number of hydrogen-bond donors (Lipinski definition) is 0. The van der Waals surface area contributed by atoms with Gasteiger partial charge in [0.1, 0.15) is 10.8 Å². The van der Waals surface area contributed by atoms with Gasteiger partial charge >= 0.3 is 0 Å². The van der Waals surface area contributed by atoms with Crippen molar-refractivity contribution in [2.24, 2.45) is 0 Å². The number of imidazole rings is 1. The Hall–Kier alpha value is -3.12. The third-order valence-corrected chi connectivity index (χ3v) is 6.88. The molecule has 0 amide bonds. The minimum atomic E-state index is -0.147. The van der Waals surface area contributed by atoms with E-state index in [1.165, 1.54) is 18.4 Å². The Labute approximate surface area is 198 Å². The van der Waals surface area contributed by atoms with Gasteiger partial charge in [-0.05, 0) is 18.2 Å². The van der Waals surface area contributed by atoms with E-state index in [4.69, 9.17) is 32.9 Å². The second-order valence-corrected chi connectivity index (χ2v) is 8.85. The predicted molar refractivity (Wildman–Crippen MR) is 132 cm³/mol. The number of methoxy groups -OCH3 is 1. The first kappa shape index (κ1) is 20.8. The van der Waals surface area contributed by atoms with Crippen LogP contribution in [0.15, 0.2) is 77.6 Å². The van der Waals surface area contributed by atoms with Gasteiger partial charge < -0.3 is 4.74 Å². The monoisotopic (exact) mass is 478 g/mol. The molecule has 0 bridgehead atoms. The van der Waals surface area contributed by atoms with Gasteiger partial charge in [0.2, 0.25) is 0 Å². The fourth-order valence-electron chi connectivity index (χ4n) is 3.67. The molecule has 3 aromatic carbocycles. The van der Waals surface area contributed by atoms with Gasteiger partial charge in [-0.25, -0.2) is 9.38 Å². The van der Waals surface area contributed by atoms with Crippen LogP contribution in [0, 0.1) is 0 Å². The molecule has 2 aromatic heterocycles. The first-order chi connectivity index (χ1) is 15.6. The summed E-state index contributed by atoms with van der Waals surface area (Å²) in [6.45, 7) is 0. The van der Waals surface area contributed by atoms with Gasteiger partial charge in [0.15, 0.2) is 4.96 Å². The number of hydrogen-bond acceptors (Lipinski definition) is 4. The molecule has 0 radical (unpaired) electrons. The molecule has 0 aliphatic carbocycles. The van der Waals surface area contributed by atoms with E-state index < -0.39 is 0 Å². The standard InChI is InChI=1S/C25H16Cl2N2O2S/c1-31-23-17(12-13-18(26)20(23)27)14-19-24(30)29-22(16-10-6-3-7-11-16)21(28-25(29)32-19)15-8-4-2-5-9-15/h2-14H,1H3/b19-14+. The van der Waals surface area contributed by atoms with Crippen molar-refractivity contribution in [3.05, 3.63) is 103 Å². The van der Waals surface area contributed by atoms with Crippen molar-refractivity contribution >= 4 is 45.6 Å². The second-order valence-electron chi connectivity index (χ2n) is 7.06. The minimum Gasteiger partial charge on any atom is -0.495 e. The SMILES string of the molecule is COc1c(/C=c2/sc3nc(-c4ccccc4)c(-c4ccccc4)n3c2=O)ccc(Cl)c1Cl. The average Bonchev–Trinajstić information content (AvgIpc) is 3.34. The highest BCUT2D eigenvalue weighted by Gasteiger charge is 2.20. The number of fused-ring (bicyclic) bond motifs is 1. The third-order valence-electron chi connectivity index (χ3n) is 5.13. The van der Waals surface area contributed by atoms with Gasteiger partial charge in [0.05, 0.1) is 28.1 Å². The van der Waals surface area contributed by atoms with Crippen molar-refractivity contribution in [1.29, 1.82) is 0 Å². The van der Waals surface area contributed by atoms with E-state index in [0.29, 0.717) is 30.9 Å². The molecule has 32 heavy (non-hydrogen) atoms. The van der Waals surface area contributed by atoms with Crippen molar-refractivity contribution in [2.45, 2.75) is 0 Å². The molecule has 0 atom stereocenters. The number of nitrogens with zero attached hydrogens (tertiary/aromatic N) is 2. The maximum Gasteiger partial charge on any atom is 0.274 e. The molecule has 4 nitrogen and oxygen atoms in total. The first-order valence-corrected chi connectivity index (χ1v) is 11.4. The smallest absolute Gasteiger partial charge is 0.274 e. The first-order valence-electron chi connectivity index (χ1n) is 9.78. The van der Waals surface area contributed by atoms with Crippen LogP contribution in [-0.4, -0.2) is 16.5 Å². The van der Waals surface area contributed by atoms with Crippen LogP contribution in [0.5, 0.6) is 5.75 Å². The summed E-state index contributed by atoms with van der Waals surface area (Å²) in [5.41, 5.74) is 3.96. The molecule has 0 saturated carbocycles. The summed E-state index contributed by atoms with van der Waals surface area (Å²) in [6, 6.07) is 23.2. The Morgan fingerprint density at radius 3 is 2.25 bits per heavy atom. The Kier molecular flexibility index (Phi) is 5.47. The largest absolute Gasteiger partial charge is 0.495 e. The zero-order chi connectivity index (χ0) is 22.2. The van der Waals surface area contributed by atoms with Crippen LogP contribution in [0.3, 0.4) is 0 Å². The molecule has 0 saturated heterocycles. The fourth-order valence-corrected chi connectivity index (χ4v) is 5.03. The number of rotatable bonds is 4. The number of benzene rings is 3. The van der Waals surface area contributed by atoms with Crippen molar-refractivity contribution in [1.82, 2.24) is 9.38 Å². The summed E-state index contributed by atoms with van der Waals surface area (Å²) >= 11 is 13.7. The highest BCUT2D eigenvalue weighted by molar-refractivity contribution is 7.15. The lowest BCUT2D eigenvalue weighted by molar-refractivity contribution is 0.414. The molecular weight excluding hydrogens is 463 g/mol. The highest BCUT2D eigenvalue weighted by Crippen LogP contribution is 2.36. The van der Waals surface area contributed by atoms with E-state index in [1.54, 1.807) is 22.6 Å². The minimum absolute atomic E-state index is 0.147. The molecule has 5 aromatic rings. The predicted octanol–water partition coefficient (Wildman–Crippen LogP) is 5.95. The zero-order valence-electron chi connectivity index (χ0n) is 16.9. The quantitative estimate of drug-likeness (QED) is 0.320. The van der Waals surface area contributed by atoms with E-state index in [1.807, 2.05) is 60.7 Å². The second kappa shape index (κ2) is 8.43. The summed E-state index contributed by atoms with van der Waals surface area (Å²) < 4.78 is 7.63. The normalized spacial score (nSPS) is 11.9. The summed E-state index contributed by atoms with van der Waals surface area (Å²) in [4.78, 5) is 19.0. The molecule has 7 heteroatoms. The van der Waals surface area contributed by atoms with Crippen molar-refractivity contribution in [2.75, 3.05) is 7.11 Å². The maximum absolute atomic E-state index is 13.5.